The van der Waals surface area contributed by atoms with Crippen LogP contribution in [0, 0.1) is 0 Å². The molecule has 2 heterocycles. The number of unbranched alkanes of at least 4 members (excludes halogenated alkanes) is 1. The van der Waals surface area contributed by atoms with Gasteiger partial charge in [0, 0.05) is 37.4 Å². The first kappa shape index (κ1) is 27.9. The van der Waals surface area contributed by atoms with E-state index in [4.69, 9.17) is 5.73 Å². The van der Waals surface area contributed by atoms with E-state index in [0.717, 1.165) is 44.6 Å². The number of carbonyl (C=O) groups excluding carboxylic acids is 3. The predicted molar refractivity (Wildman–Crippen MR) is 145 cm³/mol. The van der Waals surface area contributed by atoms with Gasteiger partial charge in [-0.15, -0.1) is 0 Å². The number of rotatable bonds is 13. The lowest BCUT2D eigenvalue weighted by molar-refractivity contribution is -0.127. The standard InChI is InChI=1S/C26H40N6O3S/c1-3-5-12-29-24(34)22(27)26-32(4-2)25(35)21(36-26)18-30-20-11-8-10-19(17-20)23(33)28-13-9-16-31-14-6-7-15-31/h8,10-11,17,21,30H,3-7,9,12-16,18,27H2,1-2H3,(H,28,33)(H,29,34)/b26-22+/t21-/m1/s1. The van der Waals surface area contributed by atoms with Crippen LogP contribution in [-0.4, -0.2) is 78.6 Å². The molecule has 10 heteroatoms. The Morgan fingerprint density at radius 3 is 2.58 bits per heavy atom. The van der Waals surface area contributed by atoms with Crippen LogP contribution in [0.5, 0.6) is 0 Å². The molecule has 9 nitrogen and oxygen atoms in total. The number of likely N-dealkylation sites (tertiary alicyclic amines) is 1. The fourth-order valence-corrected chi connectivity index (χ4v) is 5.56. The molecule has 0 aromatic heterocycles. The first-order valence-corrected chi connectivity index (χ1v) is 13.9. The summed E-state index contributed by atoms with van der Waals surface area (Å²) in [4.78, 5) is 42.0. The molecule has 0 saturated carbocycles. The zero-order chi connectivity index (χ0) is 25.9. The van der Waals surface area contributed by atoms with Crippen molar-refractivity contribution in [3.05, 3.63) is 40.6 Å². The first-order valence-electron chi connectivity index (χ1n) is 13.0. The number of nitrogens with one attached hydrogen (secondary N) is 3. The number of benzene rings is 1. The molecular weight excluding hydrogens is 476 g/mol. The van der Waals surface area contributed by atoms with Crippen LogP contribution < -0.4 is 21.7 Å². The van der Waals surface area contributed by atoms with Crippen molar-refractivity contribution < 1.29 is 14.4 Å². The summed E-state index contributed by atoms with van der Waals surface area (Å²) in [6, 6.07) is 7.28. The summed E-state index contributed by atoms with van der Waals surface area (Å²) < 4.78 is 0. The molecule has 2 aliphatic heterocycles. The highest BCUT2D eigenvalue weighted by atomic mass is 32.2. The molecular formula is C26H40N6O3S. The van der Waals surface area contributed by atoms with Gasteiger partial charge in [0.05, 0.1) is 0 Å². The monoisotopic (exact) mass is 516 g/mol. The van der Waals surface area contributed by atoms with Crippen LogP contribution in [0.3, 0.4) is 0 Å². The minimum atomic E-state index is -0.412. The van der Waals surface area contributed by atoms with Gasteiger partial charge in [0.25, 0.3) is 11.8 Å². The van der Waals surface area contributed by atoms with Crippen molar-refractivity contribution >= 4 is 35.2 Å². The van der Waals surface area contributed by atoms with Crippen LogP contribution in [0.4, 0.5) is 5.69 Å². The third-order valence-corrected chi connectivity index (χ3v) is 7.72. The molecule has 0 aliphatic carbocycles. The molecule has 2 saturated heterocycles. The van der Waals surface area contributed by atoms with E-state index in [2.05, 4.69) is 27.8 Å². The summed E-state index contributed by atoms with van der Waals surface area (Å²) in [7, 11) is 0. The van der Waals surface area contributed by atoms with Crippen molar-refractivity contribution in [3.8, 4) is 0 Å². The van der Waals surface area contributed by atoms with Crippen molar-refractivity contribution in [1.29, 1.82) is 0 Å². The molecule has 36 heavy (non-hydrogen) atoms. The number of nitrogens with two attached hydrogens (primary N) is 1. The number of nitrogens with zero attached hydrogens (tertiary/aromatic N) is 2. The van der Waals surface area contributed by atoms with Gasteiger partial charge in [0.1, 0.15) is 16.0 Å². The van der Waals surface area contributed by atoms with E-state index in [1.165, 1.54) is 24.6 Å². The number of thioether (sulfide) groups is 1. The van der Waals surface area contributed by atoms with Gasteiger partial charge in [-0.2, -0.15) is 0 Å². The molecule has 0 spiro atoms. The Morgan fingerprint density at radius 1 is 1.11 bits per heavy atom. The molecule has 0 bridgehead atoms. The van der Waals surface area contributed by atoms with Gasteiger partial charge < -0.3 is 31.5 Å². The van der Waals surface area contributed by atoms with Gasteiger partial charge in [0.15, 0.2) is 0 Å². The lowest BCUT2D eigenvalue weighted by Crippen LogP contribution is -2.35. The highest BCUT2D eigenvalue weighted by molar-refractivity contribution is 8.04. The van der Waals surface area contributed by atoms with Crippen LogP contribution >= 0.6 is 11.8 Å². The van der Waals surface area contributed by atoms with Gasteiger partial charge in [-0.3, -0.25) is 14.4 Å². The Morgan fingerprint density at radius 2 is 1.86 bits per heavy atom. The van der Waals surface area contributed by atoms with E-state index < -0.39 is 5.25 Å². The van der Waals surface area contributed by atoms with Crippen molar-refractivity contribution in [2.24, 2.45) is 5.73 Å². The molecule has 3 rings (SSSR count). The van der Waals surface area contributed by atoms with Gasteiger partial charge >= 0.3 is 0 Å². The number of hydrogen-bond acceptors (Lipinski definition) is 7. The van der Waals surface area contributed by atoms with Crippen molar-refractivity contribution in [1.82, 2.24) is 20.4 Å². The SMILES string of the molecule is CCCCNC(=O)/C(N)=C1\S[C@H](CNc2cccc(C(=O)NCCCN3CCCC3)c2)C(=O)N1CC. The van der Waals surface area contributed by atoms with Crippen molar-refractivity contribution in [2.75, 3.05) is 51.1 Å². The van der Waals surface area contributed by atoms with Crippen LogP contribution in [0.2, 0.25) is 0 Å². The van der Waals surface area contributed by atoms with E-state index >= 15 is 0 Å². The molecule has 1 atom stereocenters. The van der Waals surface area contributed by atoms with Gasteiger partial charge in [0.2, 0.25) is 5.91 Å². The predicted octanol–water partition coefficient (Wildman–Crippen LogP) is 2.32. The molecule has 2 aliphatic rings. The zero-order valence-corrected chi connectivity index (χ0v) is 22.3. The largest absolute Gasteiger partial charge is 0.392 e. The summed E-state index contributed by atoms with van der Waals surface area (Å²) in [5, 5.41) is 9.18. The van der Waals surface area contributed by atoms with E-state index in [1.54, 1.807) is 17.0 Å². The maximum absolute atomic E-state index is 12.9. The maximum Gasteiger partial charge on any atom is 0.269 e. The summed E-state index contributed by atoms with van der Waals surface area (Å²) in [6.45, 7) is 9.26. The summed E-state index contributed by atoms with van der Waals surface area (Å²) >= 11 is 1.31. The molecule has 1 aromatic carbocycles. The van der Waals surface area contributed by atoms with Gasteiger partial charge in [-0.1, -0.05) is 31.2 Å². The quantitative estimate of drug-likeness (QED) is 0.235. The van der Waals surface area contributed by atoms with E-state index in [9.17, 15) is 14.4 Å². The molecule has 5 N–H and O–H groups in total. The molecule has 3 amide bonds. The minimum absolute atomic E-state index is 0.0807. The van der Waals surface area contributed by atoms with E-state index in [0.29, 0.717) is 36.8 Å². The molecule has 0 radical (unpaired) electrons. The Hall–Kier alpha value is -2.72. The number of carbonyl (C=O) groups is 3. The van der Waals surface area contributed by atoms with E-state index in [1.807, 2.05) is 19.1 Å². The number of hydrogen-bond donors (Lipinski definition) is 4. The average molecular weight is 517 g/mol. The normalized spacial score (nSPS) is 19.4. The Labute approximate surface area is 218 Å². The third kappa shape index (κ3) is 7.64. The van der Waals surface area contributed by atoms with Crippen molar-refractivity contribution in [2.45, 2.75) is 51.2 Å². The number of anilines is 1. The lowest BCUT2D eigenvalue weighted by Gasteiger charge is -2.16. The smallest absolute Gasteiger partial charge is 0.269 e. The van der Waals surface area contributed by atoms with E-state index in [-0.39, 0.29) is 23.4 Å². The number of amides is 3. The van der Waals surface area contributed by atoms with Crippen LogP contribution in [0.15, 0.2) is 35.0 Å². The molecule has 198 valence electrons. The van der Waals surface area contributed by atoms with Gasteiger partial charge in [-0.05, 0) is 70.4 Å². The summed E-state index contributed by atoms with van der Waals surface area (Å²) in [5.41, 5.74) is 7.55. The summed E-state index contributed by atoms with van der Waals surface area (Å²) in [6.07, 6.45) is 5.33. The van der Waals surface area contributed by atoms with Crippen LogP contribution in [0.1, 0.15) is 56.3 Å². The second kappa shape index (κ2) is 14.1. The third-order valence-electron chi connectivity index (χ3n) is 6.40. The van der Waals surface area contributed by atoms with Crippen LogP contribution in [-0.2, 0) is 9.59 Å². The molecule has 0 unspecified atom stereocenters. The highest BCUT2D eigenvalue weighted by Crippen LogP contribution is 2.36. The second-order valence-electron chi connectivity index (χ2n) is 9.14. The second-order valence-corrected chi connectivity index (χ2v) is 10.3. The van der Waals surface area contributed by atoms with Crippen LogP contribution in [0.25, 0.3) is 0 Å². The zero-order valence-electron chi connectivity index (χ0n) is 21.5. The highest BCUT2D eigenvalue weighted by Gasteiger charge is 2.38. The fraction of sp³-hybridized carbons (Fsp3) is 0.577. The molecule has 2 fully saturated rings. The Balaban J connectivity index is 1.52. The lowest BCUT2D eigenvalue weighted by atomic mass is 10.2. The average Bonchev–Trinajstić information content (AvgIpc) is 3.52. The fourth-order valence-electron chi connectivity index (χ4n) is 4.32. The van der Waals surface area contributed by atoms with Gasteiger partial charge in [-0.25, -0.2) is 0 Å². The Kier molecular flexibility index (Phi) is 10.9. The maximum atomic E-state index is 12.9. The Bertz CT molecular complexity index is 947. The topological polar surface area (TPSA) is 120 Å². The summed E-state index contributed by atoms with van der Waals surface area (Å²) in [5.74, 6) is -0.526. The molecule has 1 aromatic rings. The minimum Gasteiger partial charge on any atom is -0.392 e. The van der Waals surface area contributed by atoms with Crippen molar-refractivity contribution in [3.63, 3.8) is 0 Å². The first-order chi connectivity index (χ1) is 17.4.